The van der Waals surface area contributed by atoms with Crippen LogP contribution in [-0.2, 0) is 16.6 Å². The van der Waals surface area contributed by atoms with E-state index < -0.39 is 10.0 Å². The van der Waals surface area contributed by atoms with Crippen LogP contribution < -0.4 is 19.5 Å². The summed E-state index contributed by atoms with van der Waals surface area (Å²) in [6.45, 7) is 2.21. The molecule has 0 spiro atoms. The van der Waals surface area contributed by atoms with Gasteiger partial charge in [0, 0.05) is 17.9 Å². The normalized spacial score (nSPS) is 11.0. The van der Waals surface area contributed by atoms with Gasteiger partial charge in [-0.05, 0) is 48.9 Å². The van der Waals surface area contributed by atoms with Crippen LogP contribution in [-0.4, -0.2) is 28.4 Å². The van der Waals surface area contributed by atoms with Gasteiger partial charge in [0.05, 0.1) is 20.0 Å². The van der Waals surface area contributed by atoms with Crippen molar-refractivity contribution in [1.29, 1.82) is 0 Å². The molecule has 130 valence electrons. The standard InChI is InChI=1S/C17H22N2O4S/c1-4-24(20,21)19-15-8-6-14(7-9-15)18-12-13-5-10-16(22-2)17(11-13)23-3/h5-11,18-19H,4,12H2,1-3H3. The molecule has 0 atom stereocenters. The molecular weight excluding hydrogens is 328 g/mol. The summed E-state index contributed by atoms with van der Waals surface area (Å²) >= 11 is 0. The van der Waals surface area contributed by atoms with E-state index in [9.17, 15) is 8.42 Å². The molecule has 0 amide bonds. The predicted molar refractivity (Wildman–Crippen MR) is 96.4 cm³/mol. The number of rotatable bonds is 8. The Labute approximate surface area is 142 Å². The molecule has 0 unspecified atom stereocenters. The first-order valence-electron chi connectivity index (χ1n) is 7.52. The second-order valence-corrected chi connectivity index (χ2v) is 7.14. The molecule has 2 N–H and O–H groups in total. The summed E-state index contributed by atoms with van der Waals surface area (Å²) in [6.07, 6.45) is 0. The number of anilines is 2. The zero-order chi connectivity index (χ0) is 17.6. The number of benzene rings is 2. The molecule has 0 aromatic heterocycles. The molecule has 0 aliphatic heterocycles. The molecule has 0 aliphatic carbocycles. The second kappa shape index (κ2) is 7.92. The number of nitrogens with one attached hydrogen (secondary N) is 2. The van der Waals surface area contributed by atoms with Crippen LogP contribution in [0.1, 0.15) is 12.5 Å². The molecule has 0 aliphatic rings. The van der Waals surface area contributed by atoms with Crippen LogP contribution in [0.15, 0.2) is 42.5 Å². The van der Waals surface area contributed by atoms with Crippen LogP contribution in [0.2, 0.25) is 0 Å². The first-order valence-corrected chi connectivity index (χ1v) is 9.18. The van der Waals surface area contributed by atoms with Gasteiger partial charge in [0.1, 0.15) is 0 Å². The van der Waals surface area contributed by atoms with Crippen molar-refractivity contribution in [2.75, 3.05) is 30.0 Å². The van der Waals surface area contributed by atoms with Gasteiger partial charge >= 0.3 is 0 Å². The van der Waals surface area contributed by atoms with Crippen molar-refractivity contribution in [2.24, 2.45) is 0 Å². The van der Waals surface area contributed by atoms with Crippen molar-refractivity contribution in [2.45, 2.75) is 13.5 Å². The minimum absolute atomic E-state index is 0.0479. The highest BCUT2D eigenvalue weighted by Crippen LogP contribution is 2.27. The molecule has 7 heteroatoms. The molecule has 2 aromatic rings. The van der Waals surface area contributed by atoms with Crippen molar-refractivity contribution in [3.63, 3.8) is 0 Å². The maximum absolute atomic E-state index is 11.5. The fourth-order valence-corrected chi connectivity index (χ4v) is 2.74. The molecule has 0 heterocycles. The Kier molecular flexibility index (Phi) is 5.92. The lowest BCUT2D eigenvalue weighted by Crippen LogP contribution is -2.14. The van der Waals surface area contributed by atoms with Crippen molar-refractivity contribution in [1.82, 2.24) is 0 Å². The van der Waals surface area contributed by atoms with Crippen LogP contribution in [0.3, 0.4) is 0 Å². The van der Waals surface area contributed by atoms with Crippen molar-refractivity contribution in [3.05, 3.63) is 48.0 Å². The molecule has 0 saturated heterocycles. The first-order chi connectivity index (χ1) is 11.5. The summed E-state index contributed by atoms with van der Waals surface area (Å²) in [5.41, 5.74) is 2.49. The van der Waals surface area contributed by atoms with E-state index in [0.29, 0.717) is 23.7 Å². The highest BCUT2D eigenvalue weighted by Gasteiger charge is 2.07. The molecule has 0 fully saturated rings. The van der Waals surface area contributed by atoms with E-state index in [1.165, 1.54) is 0 Å². The van der Waals surface area contributed by atoms with E-state index in [1.807, 2.05) is 30.3 Å². The number of hydrogen-bond donors (Lipinski definition) is 2. The zero-order valence-corrected chi connectivity index (χ0v) is 14.8. The molecule has 0 saturated carbocycles. The van der Waals surface area contributed by atoms with Gasteiger partial charge in [-0.25, -0.2) is 8.42 Å². The van der Waals surface area contributed by atoms with Gasteiger partial charge in [-0.2, -0.15) is 0 Å². The van der Waals surface area contributed by atoms with E-state index in [4.69, 9.17) is 9.47 Å². The Morgan fingerprint density at radius 2 is 1.54 bits per heavy atom. The number of ether oxygens (including phenoxy) is 2. The fourth-order valence-electron chi connectivity index (χ4n) is 2.10. The second-order valence-electron chi connectivity index (χ2n) is 5.13. The fraction of sp³-hybridized carbons (Fsp3) is 0.294. The summed E-state index contributed by atoms with van der Waals surface area (Å²) < 4.78 is 36.1. The molecule has 2 aromatic carbocycles. The van der Waals surface area contributed by atoms with Crippen LogP contribution in [0.4, 0.5) is 11.4 Å². The number of methoxy groups -OCH3 is 2. The summed E-state index contributed by atoms with van der Waals surface area (Å²) in [5, 5.41) is 3.28. The lowest BCUT2D eigenvalue weighted by Gasteiger charge is -2.11. The van der Waals surface area contributed by atoms with Gasteiger partial charge in [-0.3, -0.25) is 4.72 Å². The molecular formula is C17H22N2O4S. The monoisotopic (exact) mass is 350 g/mol. The zero-order valence-electron chi connectivity index (χ0n) is 14.0. The van der Waals surface area contributed by atoms with Gasteiger partial charge in [0.2, 0.25) is 10.0 Å². The Balaban J connectivity index is 2.00. The summed E-state index contributed by atoms with van der Waals surface area (Å²) in [7, 11) is -0.0475. The van der Waals surface area contributed by atoms with Crippen LogP contribution in [0.5, 0.6) is 11.5 Å². The van der Waals surface area contributed by atoms with Gasteiger partial charge in [-0.15, -0.1) is 0 Å². The van der Waals surface area contributed by atoms with Crippen LogP contribution in [0.25, 0.3) is 0 Å². The highest BCUT2D eigenvalue weighted by atomic mass is 32.2. The Morgan fingerprint density at radius 1 is 0.917 bits per heavy atom. The third kappa shape index (κ3) is 4.79. The highest BCUT2D eigenvalue weighted by molar-refractivity contribution is 7.92. The van der Waals surface area contributed by atoms with Crippen LogP contribution >= 0.6 is 0 Å². The maximum atomic E-state index is 11.5. The molecule has 6 nitrogen and oxygen atoms in total. The number of hydrogen-bond acceptors (Lipinski definition) is 5. The Morgan fingerprint density at radius 3 is 2.12 bits per heavy atom. The minimum atomic E-state index is -3.25. The minimum Gasteiger partial charge on any atom is -0.493 e. The van der Waals surface area contributed by atoms with Gasteiger partial charge < -0.3 is 14.8 Å². The van der Waals surface area contributed by atoms with Crippen molar-refractivity contribution in [3.8, 4) is 11.5 Å². The molecule has 0 bridgehead atoms. The van der Waals surface area contributed by atoms with E-state index >= 15 is 0 Å². The van der Waals surface area contributed by atoms with Crippen LogP contribution in [0, 0.1) is 0 Å². The van der Waals surface area contributed by atoms with Crippen molar-refractivity contribution >= 4 is 21.4 Å². The molecule has 24 heavy (non-hydrogen) atoms. The van der Waals surface area contributed by atoms with E-state index in [2.05, 4.69) is 10.0 Å². The van der Waals surface area contributed by atoms with Gasteiger partial charge in [0.25, 0.3) is 0 Å². The van der Waals surface area contributed by atoms with Gasteiger partial charge in [0.15, 0.2) is 11.5 Å². The predicted octanol–water partition coefficient (Wildman–Crippen LogP) is 3.08. The lowest BCUT2D eigenvalue weighted by molar-refractivity contribution is 0.354. The third-order valence-corrected chi connectivity index (χ3v) is 4.79. The summed E-state index contributed by atoms with van der Waals surface area (Å²) in [5.74, 6) is 1.42. The lowest BCUT2D eigenvalue weighted by atomic mass is 10.2. The average Bonchev–Trinajstić information content (AvgIpc) is 2.60. The smallest absolute Gasteiger partial charge is 0.232 e. The SMILES string of the molecule is CCS(=O)(=O)Nc1ccc(NCc2ccc(OC)c(OC)c2)cc1. The van der Waals surface area contributed by atoms with E-state index in [1.54, 1.807) is 33.3 Å². The Bertz CT molecular complexity index is 774. The molecule has 2 rings (SSSR count). The maximum Gasteiger partial charge on any atom is 0.232 e. The summed E-state index contributed by atoms with van der Waals surface area (Å²) in [6, 6.07) is 12.8. The van der Waals surface area contributed by atoms with Crippen molar-refractivity contribution < 1.29 is 17.9 Å². The quantitative estimate of drug-likeness (QED) is 0.765. The average molecular weight is 350 g/mol. The summed E-state index contributed by atoms with van der Waals surface area (Å²) in [4.78, 5) is 0. The van der Waals surface area contributed by atoms with Gasteiger partial charge in [-0.1, -0.05) is 6.07 Å². The topological polar surface area (TPSA) is 76.7 Å². The first kappa shape index (κ1) is 17.9. The number of sulfonamides is 1. The Hall–Kier alpha value is -2.41. The van der Waals surface area contributed by atoms with E-state index in [-0.39, 0.29) is 5.75 Å². The van der Waals surface area contributed by atoms with E-state index in [0.717, 1.165) is 11.3 Å². The largest absolute Gasteiger partial charge is 0.493 e. The third-order valence-electron chi connectivity index (χ3n) is 3.48. The molecule has 0 radical (unpaired) electrons.